The lowest BCUT2D eigenvalue weighted by Crippen LogP contribution is -3.10. The molecule has 0 aromatic heterocycles. The molecule has 0 atom stereocenters. The Morgan fingerprint density at radius 1 is 0.652 bits per heavy atom. The van der Waals surface area contributed by atoms with E-state index in [1.165, 1.54) is 0 Å². The highest BCUT2D eigenvalue weighted by Gasteiger charge is 2.25. The predicted octanol–water partition coefficient (Wildman–Crippen LogP) is 1.44. The third-order valence-corrected chi connectivity index (χ3v) is 2.79. The van der Waals surface area contributed by atoms with E-state index in [0.717, 1.165) is 19.3 Å². The van der Waals surface area contributed by atoms with Crippen LogP contribution in [0, 0.1) is 0 Å². The Bertz CT molecular complexity index is 299. The second-order valence-corrected chi connectivity index (χ2v) is 4.98. The highest BCUT2D eigenvalue weighted by molar-refractivity contribution is 5.75. The topological polar surface area (TPSA) is 83.3 Å². The summed E-state index contributed by atoms with van der Waals surface area (Å²) in [5, 5.41) is -0.664. The molecule has 0 saturated carbocycles. The largest absolute Gasteiger partial charge is 1.00 e. The summed E-state index contributed by atoms with van der Waals surface area (Å²) >= 11 is 0. The van der Waals surface area contributed by atoms with Gasteiger partial charge in [0.25, 0.3) is 0 Å². The van der Waals surface area contributed by atoms with Gasteiger partial charge in [-0.05, 0) is 19.3 Å². The number of unbranched alkanes of at least 4 members (excludes halogenated alkanes) is 3. The number of carbonyl (C=O) groups is 3. The SMILES string of the molecule is CCCCC(=O)O[NH+](OC(=O)CCCC)OC(=O)CCCC.[B-]. The van der Waals surface area contributed by atoms with Crippen molar-refractivity contribution in [2.45, 2.75) is 78.6 Å². The number of rotatable bonds is 12. The average molecular weight is 329 g/mol. The summed E-state index contributed by atoms with van der Waals surface area (Å²) in [5.41, 5.74) is 0. The van der Waals surface area contributed by atoms with Crippen LogP contribution >= 0.6 is 0 Å². The lowest BCUT2D eigenvalue weighted by atomic mass is 10.3. The van der Waals surface area contributed by atoms with Crippen LogP contribution in [0.4, 0.5) is 0 Å². The molecule has 0 heterocycles. The molecule has 0 spiro atoms. The first kappa shape index (κ1) is 23.7. The first-order valence-corrected chi connectivity index (χ1v) is 8.02. The van der Waals surface area contributed by atoms with Crippen LogP contribution < -0.4 is 5.39 Å². The molecule has 0 saturated heterocycles. The van der Waals surface area contributed by atoms with Gasteiger partial charge in [-0.3, -0.25) is 0 Å². The van der Waals surface area contributed by atoms with Crippen molar-refractivity contribution >= 4 is 26.3 Å². The van der Waals surface area contributed by atoms with E-state index in [4.69, 9.17) is 14.5 Å². The Hall–Kier alpha value is -1.57. The maximum atomic E-state index is 11.6. The van der Waals surface area contributed by atoms with Crippen molar-refractivity contribution in [1.82, 2.24) is 0 Å². The van der Waals surface area contributed by atoms with Crippen molar-refractivity contribution in [3.8, 4) is 0 Å². The number of quaternary nitrogens is 1. The van der Waals surface area contributed by atoms with E-state index in [2.05, 4.69) is 0 Å². The lowest BCUT2D eigenvalue weighted by molar-refractivity contribution is -1.34. The molecule has 23 heavy (non-hydrogen) atoms. The third kappa shape index (κ3) is 13.8. The molecule has 1 N–H and O–H groups in total. The fourth-order valence-corrected chi connectivity index (χ4v) is 1.46. The molecule has 0 amide bonds. The Balaban J connectivity index is 0. The Morgan fingerprint density at radius 3 is 1.13 bits per heavy atom. The van der Waals surface area contributed by atoms with Gasteiger partial charge in [-0.25, -0.2) is 14.4 Å². The molecular formula is C15H28BNO6. The first-order valence-electron chi connectivity index (χ1n) is 8.02. The van der Waals surface area contributed by atoms with Crippen LogP contribution in [0.5, 0.6) is 0 Å². The zero-order valence-electron chi connectivity index (χ0n) is 14.4. The molecule has 0 fully saturated rings. The molecule has 4 radical (unpaired) electrons. The van der Waals surface area contributed by atoms with Crippen molar-refractivity contribution in [3.05, 3.63) is 0 Å². The molecule has 0 aliphatic rings. The number of hydrogen-bond acceptors (Lipinski definition) is 6. The molecule has 0 aliphatic heterocycles. The fraction of sp³-hybridized carbons (Fsp3) is 0.800. The van der Waals surface area contributed by atoms with E-state index in [0.29, 0.717) is 19.3 Å². The van der Waals surface area contributed by atoms with E-state index in [-0.39, 0.29) is 27.7 Å². The zero-order chi connectivity index (χ0) is 16.8. The van der Waals surface area contributed by atoms with Crippen LogP contribution in [0.2, 0.25) is 0 Å². The van der Waals surface area contributed by atoms with E-state index in [1.54, 1.807) is 0 Å². The van der Waals surface area contributed by atoms with Crippen molar-refractivity contribution in [2.24, 2.45) is 0 Å². The van der Waals surface area contributed by atoms with Crippen molar-refractivity contribution < 1.29 is 34.3 Å². The van der Waals surface area contributed by atoms with Crippen LogP contribution in [0.3, 0.4) is 0 Å². The van der Waals surface area contributed by atoms with E-state index >= 15 is 0 Å². The summed E-state index contributed by atoms with van der Waals surface area (Å²) in [6.07, 6.45) is 4.99. The molecule has 0 aliphatic carbocycles. The fourth-order valence-electron chi connectivity index (χ4n) is 1.46. The van der Waals surface area contributed by atoms with Crippen molar-refractivity contribution in [1.29, 1.82) is 0 Å². The first-order chi connectivity index (χ1) is 10.5. The van der Waals surface area contributed by atoms with Crippen molar-refractivity contribution in [2.75, 3.05) is 0 Å². The maximum Gasteiger partial charge on any atom is 0.378 e. The van der Waals surface area contributed by atoms with Gasteiger partial charge in [0.05, 0.1) is 19.3 Å². The summed E-state index contributed by atoms with van der Waals surface area (Å²) < 4.78 is 0. The number of hydrogen-bond donors (Lipinski definition) is 1. The summed E-state index contributed by atoms with van der Waals surface area (Å²) in [6, 6.07) is 0. The quantitative estimate of drug-likeness (QED) is 0.431. The summed E-state index contributed by atoms with van der Waals surface area (Å²) in [5.74, 6) is -1.74. The minimum Gasteiger partial charge on any atom is -1.00 e. The van der Waals surface area contributed by atoms with Gasteiger partial charge in [-0.2, -0.15) is 14.5 Å². The summed E-state index contributed by atoms with van der Waals surface area (Å²) in [4.78, 5) is 49.3. The maximum absolute atomic E-state index is 11.6. The zero-order valence-corrected chi connectivity index (χ0v) is 14.4. The molecule has 7 nitrogen and oxygen atoms in total. The molecular weight excluding hydrogens is 301 g/mol. The number of carbonyl (C=O) groups excluding carboxylic acids is 3. The molecule has 0 aromatic rings. The van der Waals surface area contributed by atoms with Gasteiger partial charge in [0.15, 0.2) is 0 Å². The predicted molar refractivity (Wildman–Crippen MR) is 83.6 cm³/mol. The highest BCUT2D eigenvalue weighted by atomic mass is 17.2. The van der Waals surface area contributed by atoms with Gasteiger partial charge < -0.3 is 8.41 Å². The van der Waals surface area contributed by atoms with Crippen LogP contribution in [0.15, 0.2) is 0 Å². The highest BCUT2D eigenvalue weighted by Crippen LogP contribution is 1.97. The van der Waals surface area contributed by atoms with Gasteiger partial charge in [-0.1, -0.05) is 40.0 Å². The third-order valence-electron chi connectivity index (χ3n) is 2.79. The van der Waals surface area contributed by atoms with Crippen LogP contribution in [0.25, 0.3) is 0 Å². The Kier molecular flexibility index (Phi) is 15.8. The number of nitrogens with one attached hydrogen (secondary N) is 1. The summed E-state index contributed by atoms with van der Waals surface area (Å²) in [6.45, 7) is 5.81. The smallest absolute Gasteiger partial charge is 0.378 e. The normalized spacial score (nSPS) is 9.91. The molecule has 0 bridgehead atoms. The summed E-state index contributed by atoms with van der Waals surface area (Å²) in [7, 11) is 0. The lowest BCUT2D eigenvalue weighted by Gasteiger charge is -2.12. The average Bonchev–Trinajstić information content (AvgIpc) is 2.48. The molecule has 0 unspecified atom stereocenters. The van der Waals surface area contributed by atoms with Crippen LogP contribution in [-0.2, 0) is 28.9 Å². The second kappa shape index (κ2) is 15.3. The van der Waals surface area contributed by atoms with Gasteiger partial charge in [0.1, 0.15) is 0 Å². The standard InChI is InChI=1S/C15H28NO6.B/c1-4-7-10-13(17)20-16(21-14(18)11-8-5-2)22-15(19)12-9-6-3;/h16H,4-12H2,1-3H3;/q+1;-1. The molecule has 132 valence electrons. The van der Waals surface area contributed by atoms with Crippen molar-refractivity contribution in [3.63, 3.8) is 0 Å². The minimum atomic E-state index is -0.664. The molecule has 0 aromatic carbocycles. The molecule has 0 rings (SSSR count). The van der Waals surface area contributed by atoms with Gasteiger partial charge >= 0.3 is 17.9 Å². The van der Waals surface area contributed by atoms with E-state index in [9.17, 15) is 14.4 Å². The molecule has 8 heteroatoms. The van der Waals surface area contributed by atoms with E-state index in [1.807, 2.05) is 20.8 Å². The van der Waals surface area contributed by atoms with Gasteiger partial charge in [0.2, 0.25) is 5.39 Å². The Labute approximate surface area is 140 Å². The van der Waals surface area contributed by atoms with Gasteiger partial charge in [0, 0.05) is 0 Å². The second-order valence-electron chi connectivity index (χ2n) is 4.98. The van der Waals surface area contributed by atoms with Crippen LogP contribution in [0.1, 0.15) is 78.6 Å². The minimum absolute atomic E-state index is 0. The van der Waals surface area contributed by atoms with Crippen LogP contribution in [-0.4, -0.2) is 26.3 Å². The Morgan fingerprint density at radius 2 is 0.913 bits per heavy atom. The monoisotopic (exact) mass is 329 g/mol. The van der Waals surface area contributed by atoms with Gasteiger partial charge in [-0.15, -0.1) is 0 Å². The van der Waals surface area contributed by atoms with E-state index < -0.39 is 23.3 Å².